The van der Waals surface area contributed by atoms with Crippen molar-refractivity contribution in [3.8, 4) is 0 Å². The number of anilines is 1. The molecule has 250 valence electrons. The van der Waals surface area contributed by atoms with Crippen LogP contribution in [0.4, 0.5) is 14.5 Å². The van der Waals surface area contributed by atoms with Crippen molar-refractivity contribution in [1.29, 1.82) is 0 Å². The fourth-order valence-corrected chi connectivity index (χ4v) is 9.80. The summed E-state index contributed by atoms with van der Waals surface area (Å²) in [5.74, 6) is -2.58. The van der Waals surface area contributed by atoms with Gasteiger partial charge in [0, 0.05) is 34.0 Å². The largest absolute Gasteiger partial charge is 0.390 e. The lowest BCUT2D eigenvalue weighted by Gasteiger charge is -2.63. The maximum Gasteiger partial charge on any atom is 0.193 e. The number of nitrogens with one attached hydrogen (secondary N) is 1. The summed E-state index contributed by atoms with van der Waals surface area (Å²) in [5, 5.41) is 25.3. The molecule has 7 rings (SSSR count). The summed E-state index contributed by atoms with van der Waals surface area (Å²) < 4.78 is 46.5. The van der Waals surface area contributed by atoms with Gasteiger partial charge in [-0.3, -0.25) is 9.59 Å². The van der Waals surface area contributed by atoms with Crippen LogP contribution in [-0.2, 0) is 25.5 Å². The molecule has 4 fully saturated rings. The summed E-state index contributed by atoms with van der Waals surface area (Å²) in [6.07, 6.45) is -0.616. The van der Waals surface area contributed by atoms with E-state index in [0.717, 1.165) is 29.3 Å². The molecular weight excluding hydrogens is 604 g/mol. The SMILES string of the molecule is CC(C)Nc1ccc(Cc2ccc([C@H]3O[C@@H]4C[C@H]5[C@@H]6C[C@H](F)C7=CC(=O)C=C[C@]7(C)[C@@]6(F)[C@@H](O)C[C@]5(C)[C@]4(C(=O)CO)O3)cc2)cc1. The lowest BCUT2D eigenvalue weighted by atomic mass is 9.44. The van der Waals surface area contributed by atoms with E-state index in [-0.39, 0.29) is 24.8 Å². The number of Topliss-reactive ketones (excluding diaryl/α,β-unsaturated/α-hetero) is 1. The predicted octanol–water partition coefficient (Wildman–Crippen LogP) is 5.74. The maximum absolute atomic E-state index is 17.6. The fourth-order valence-electron chi connectivity index (χ4n) is 9.80. The molecule has 7 nitrogen and oxygen atoms in total. The molecule has 1 saturated heterocycles. The first-order chi connectivity index (χ1) is 22.3. The highest BCUT2D eigenvalue weighted by Gasteiger charge is 2.80. The van der Waals surface area contributed by atoms with E-state index in [9.17, 15) is 19.8 Å². The third kappa shape index (κ3) is 4.56. The van der Waals surface area contributed by atoms with Crippen LogP contribution in [0.5, 0.6) is 0 Å². The van der Waals surface area contributed by atoms with E-state index in [1.165, 1.54) is 12.2 Å². The van der Waals surface area contributed by atoms with Gasteiger partial charge in [0.05, 0.1) is 12.2 Å². The summed E-state index contributed by atoms with van der Waals surface area (Å²) >= 11 is 0. The molecule has 2 aromatic rings. The van der Waals surface area contributed by atoms with E-state index >= 15 is 8.78 Å². The van der Waals surface area contributed by atoms with Gasteiger partial charge in [0.1, 0.15) is 12.8 Å². The molecule has 0 bridgehead atoms. The molecule has 0 radical (unpaired) electrons. The van der Waals surface area contributed by atoms with Gasteiger partial charge in [-0.25, -0.2) is 8.78 Å². The Morgan fingerprint density at radius 1 is 1.04 bits per heavy atom. The predicted molar refractivity (Wildman–Crippen MR) is 172 cm³/mol. The van der Waals surface area contributed by atoms with Crippen molar-refractivity contribution in [2.45, 2.75) is 95.4 Å². The van der Waals surface area contributed by atoms with Gasteiger partial charge in [-0.15, -0.1) is 0 Å². The lowest BCUT2D eigenvalue weighted by molar-refractivity contribution is -0.235. The van der Waals surface area contributed by atoms with Crippen molar-refractivity contribution >= 4 is 17.3 Å². The van der Waals surface area contributed by atoms with E-state index in [4.69, 9.17) is 9.47 Å². The first-order valence-electron chi connectivity index (χ1n) is 16.6. The van der Waals surface area contributed by atoms with E-state index in [0.29, 0.717) is 11.6 Å². The van der Waals surface area contributed by atoms with Gasteiger partial charge in [-0.05, 0) is 93.4 Å². The molecule has 4 aliphatic carbocycles. The molecule has 1 aliphatic heterocycles. The highest BCUT2D eigenvalue weighted by atomic mass is 19.1. The molecule has 3 N–H and O–H groups in total. The number of rotatable bonds is 7. The molecular formula is C38H43F2NO6. The zero-order chi connectivity index (χ0) is 33.5. The van der Waals surface area contributed by atoms with Crippen LogP contribution >= 0.6 is 0 Å². The number of hydrogen-bond acceptors (Lipinski definition) is 7. The van der Waals surface area contributed by atoms with Crippen LogP contribution in [0.3, 0.4) is 0 Å². The number of ether oxygens (including phenoxy) is 2. The highest BCUT2D eigenvalue weighted by molar-refractivity contribution is 6.01. The molecule has 10 atom stereocenters. The van der Waals surface area contributed by atoms with Crippen LogP contribution in [-0.4, -0.2) is 64.1 Å². The summed E-state index contributed by atoms with van der Waals surface area (Å²) in [5.41, 5.74) is -2.59. The molecule has 0 amide bonds. The van der Waals surface area contributed by atoms with E-state index < -0.39 is 76.8 Å². The molecule has 5 aliphatic rings. The van der Waals surface area contributed by atoms with Gasteiger partial charge in [-0.1, -0.05) is 49.4 Å². The molecule has 47 heavy (non-hydrogen) atoms. The zero-order valence-corrected chi connectivity index (χ0v) is 27.2. The normalized spacial score (nSPS) is 40.4. The van der Waals surface area contributed by atoms with Crippen molar-refractivity contribution < 1.29 is 38.1 Å². The lowest BCUT2D eigenvalue weighted by Crippen LogP contribution is -2.70. The Bertz CT molecular complexity index is 1640. The Morgan fingerprint density at radius 3 is 2.34 bits per heavy atom. The minimum absolute atomic E-state index is 0.0434. The second-order valence-electron chi connectivity index (χ2n) is 14.9. The Hall–Kier alpha value is -3.24. The van der Waals surface area contributed by atoms with Gasteiger partial charge in [0.15, 0.2) is 29.1 Å². The van der Waals surface area contributed by atoms with Crippen molar-refractivity contribution in [2.24, 2.45) is 22.7 Å². The quantitative estimate of drug-likeness (QED) is 0.352. The number of benzene rings is 2. The number of halogens is 2. The minimum atomic E-state index is -2.29. The third-order valence-electron chi connectivity index (χ3n) is 12.0. The van der Waals surface area contributed by atoms with E-state index in [1.807, 2.05) is 24.3 Å². The number of allylic oxidation sites excluding steroid dienone is 4. The van der Waals surface area contributed by atoms with Crippen molar-refractivity contribution in [2.75, 3.05) is 11.9 Å². The average molecular weight is 648 g/mol. The molecule has 9 heteroatoms. The maximum atomic E-state index is 17.6. The molecule has 1 heterocycles. The second kappa shape index (κ2) is 11.2. The Morgan fingerprint density at radius 2 is 1.70 bits per heavy atom. The number of ketones is 2. The van der Waals surface area contributed by atoms with Crippen molar-refractivity contribution in [1.82, 2.24) is 0 Å². The number of hydrogen-bond donors (Lipinski definition) is 3. The van der Waals surface area contributed by atoms with Crippen LogP contribution in [0, 0.1) is 22.7 Å². The molecule has 2 aromatic carbocycles. The Kier molecular flexibility index (Phi) is 7.67. The zero-order valence-electron chi connectivity index (χ0n) is 27.2. The second-order valence-corrected chi connectivity index (χ2v) is 14.9. The van der Waals surface area contributed by atoms with E-state index in [2.05, 4.69) is 43.4 Å². The number of alkyl halides is 2. The summed E-state index contributed by atoms with van der Waals surface area (Å²) in [6.45, 7) is 6.70. The molecule has 3 saturated carbocycles. The van der Waals surface area contributed by atoms with E-state index in [1.54, 1.807) is 13.8 Å². The highest BCUT2D eigenvalue weighted by Crippen LogP contribution is 2.72. The topological polar surface area (TPSA) is 105 Å². The van der Waals surface area contributed by atoms with Crippen LogP contribution in [0.2, 0.25) is 0 Å². The van der Waals surface area contributed by atoms with Crippen molar-refractivity contribution in [3.05, 3.63) is 89.0 Å². The smallest absolute Gasteiger partial charge is 0.193 e. The number of aliphatic hydroxyl groups excluding tert-OH is 2. The average Bonchev–Trinajstić information content (AvgIpc) is 3.53. The molecule has 0 aromatic heterocycles. The molecule has 0 unspecified atom stereocenters. The van der Waals surface area contributed by atoms with Gasteiger partial charge in [-0.2, -0.15) is 0 Å². The first-order valence-corrected chi connectivity index (χ1v) is 16.6. The fraction of sp³-hybridized carbons (Fsp3) is 0.526. The van der Waals surface area contributed by atoms with Gasteiger partial charge >= 0.3 is 0 Å². The van der Waals surface area contributed by atoms with Crippen LogP contribution in [0.25, 0.3) is 0 Å². The molecule has 0 spiro atoms. The van der Waals surface area contributed by atoms with Gasteiger partial charge in [0.2, 0.25) is 0 Å². The number of aliphatic hydroxyl groups is 2. The van der Waals surface area contributed by atoms with Crippen LogP contribution < -0.4 is 5.32 Å². The minimum Gasteiger partial charge on any atom is -0.390 e. The third-order valence-corrected chi connectivity index (χ3v) is 12.0. The number of carbonyl (C=O) groups is 2. The monoisotopic (exact) mass is 647 g/mol. The van der Waals surface area contributed by atoms with Gasteiger partial charge < -0.3 is 25.0 Å². The van der Waals surface area contributed by atoms with Gasteiger partial charge in [0.25, 0.3) is 0 Å². The van der Waals surface area contributed by atoms with Crippen LogP contribution in [0.1, 0.15) is 69.9 Å². The van der Waals surface area contributed by atoms with Crippen LogP contribution in [0.15, 0.2) is 72.3 Å². The summed E-state index contributed by atoms with van der Waals surface area (Å²) in [4.78, 5) is 25.9. The summed E-state index contributed by atoms with van der Waals surface area (Å²) in [6, 6.07) is 16.4. The summed E-state index contributed by atoms with van der Waals surface area (Å²) in [7, 11) is 0. The van der Waals surface area contributed by atoms with Crippen molar-refractivity contribution in [3.63, 3.8) is 0 Å². The Balaban J connectivity index is 1.16. The first kappa shape index (κ1) is 32.3. The Labute approximate surface area is 274 Å². The number of fused-ring (bicyclic) bond motifs is 7. The number of carbonyl (C=O) groups excluding carboxylic acids is 2. The standard InChI is InChI=1S/C38H43F2NO6/c1-21(2)41-25-11-7-23(8-12-25)15-22-5-9-24(10-6-22)34-46-33-18-27-28-17-30(39)29-16-26(43)13-14-35(29,3)37(28,40)31(44)19-36(27,4)38(33,47-34)32(45)20-42/h5-14,16,21,27-28,30-31,33-34,41-42,44H,15,17-20H2,1-4H3/t27-,28-,30-,31-,33+,34-,35-,36-,37-,38+/m0/s1.